The Kier molecular flexibility index (Phi) is 4.42. The first-order chi connectivity index (χ1) is 9.02. The van der Waals surface area contributed by atoms with Crippen LogP contribution in [0.15, 0.2) is 22.7 Å². The number of hydrogen-bond donors (Lipinski definition) is 1. The number of nitrogens with zero attached hydrogens (tertiary/aromatic N) is 2. The zero-order valence-corrected chi connectivity index (χ0v) is 12.5. The second-order valence-corrected chi connectivity index (χ2v) is 5.93. The summed E-state index contributed by atoms with van der Waals surface area (Å²) in [5, 5.41) is 10.8. The normalized spacial score (nSPS) is 23.4. The lowest BCUT2D eigenvalue weighted by Gasteiger charge is -2.39. The molecule has 104 valence electrons. The van der Waals surface area contributed by atoms with Gasteiger partial charge in [0.15, 0.2) is 0 Å². The van der Waals surface area contributed by atoms with Gasteiger partial charge in [-0.3, -0.25) is 10.1 Å². The van der Waals surface area contributed by atoms with Gasteiger partial charge in [0.2, 0.25) is 0 Å². The van der Waals surface area contributed by atoms with E-state index in [1.807, 2.05) is 6.07 Å². The summed E-state index contributed by atoms with van der Waals surface area (Å²) in [6, 6.07) is 5.37. The van der Waals surface area contributed by atoms with E-state index in [1.165, 1.54) is 0 Å². The van der Waals surface area contributed by atoms with Crippen LogP contribution in [0.25, 0.3) is 0 Å². The van der Waals surface area contributed by atoms with Crippen LogP contribution < -0.4 is 10.6 Å². The molecule has 0 saturated carbocycles. The number of anilines is 1. The highest BCUT2D eigenvalue weighted by atomic mass is 79.9. The van der Waals surface area contributed by atoms with Crippen molar-refractivity contribution in [3.63, 3.8) is 0 Å². The summed E-state index contributed by atoms with van der Waals surface area (Å²) >= 11 is 3.44. The zero-order chi connectivity index (χ0) is 14.0. The first kappa shape index (κ1) is 14.3. The summed E-state index contributed by atoms with van der Waals surface area (Å²) in [6.45, 7) is 3.78. The van der Waals surface area contributed by atoms with Crippen LogP contribution in [0.3, 0.4) is 0 Å². The minimum Gasteiger partial charge on any atom is -0.368 e. The van der Waals surface area contributed by atoms with Crippen molar-refractivity contribution in [2.24, 2.45) is 11.7 Å². The zero-order valence-electron chi connectivity index (χ0n) is 10.9. The van der Waals surface area contributed by atoms with Crippen LogP contribution in [-0.4, -0.2) is 24.1 Å². The number of benzene rings is 1. The van der Waals surface area contributed by atoms with Crippen molar-refractivity contribution in [3.05, 3.63) is 32.8 Å². The maximum absolute atomic E-state index is 10.8. The number of nitrogens with two attached hydrogens (primary N) is 1. The van der Waals surface area contributed by atoms with Gasteiger partial charge < -0.3 is 10.6 Å². The Hall–Kier alpha value is -1.14. The van der Waals surface area contributed by atoms with Crippen LogP contribution in [0.2, 0.25) is 0 Å². The number of halogens is 1. The van der Waals surface area contributed by atoms with Crippen LogP contribution in [0.1, 0.15) is 19.8 Å². The van der Waals surface area contributed by atoms with E-state index in [0.29, 0.717) is 18.5 Å². The Bertz CT molecular complexity index is 481. The maximum atomic E-state index is 10.8. The van der Waals surface area contributed by atoms with Gasteiger partial charge in [-0.1, -0.05) is 0 Å². The highest BCUT2D eigenvalue weighted by Crippen LogP contribution is 2.34. The molecule has 0 aliphatic carbocycles. The van der Waals surface area contributed by atoms with Crippen LogP contribution in [0.5, 0.6) is 0 Å². The van der Waals surface area contributed by atoms with E-state index in [1.54, 1.807) is 12.1 Å². The van der Waals surface area contributed by atoms with Crippen LogP contribution in [0.4, 0.5) is 11.4 Å². The van der Waals surface area contributed by atoms with E-state index < -0.39 is 0 Å². The largest absolute Gasteiger partial charge is 0.368 e. The van der Waals surface area contributed by atoms with Crippen molar-refractivity contribution in [1.82, 2.24) is 0 Å². The van der Waals surface area contributed by atoms with Gasteiger partial charge in [0.1, 0.15) is 0 Å². The van der Waals surface area contributed by atoms with Crippen LogP contribution in [0, 0.1) is 16.0 Å². The molecule has 5 nitrogen and oxygen atoms in total. The summed E-state index contributed by atoms with van der Waals surface area (Å²) in [6.07, 6.45) is 2.25. The van der Waals surface area contributed by atoms with Gasteiger partial charge >= 0.3 is 0 Å². The molecule has 0 aromatic heterocycles. The predicted molar refractivity (Wildman–Crippen MR) is 79.4 cm³/mol. The molecule has 0 bridgehead atoms. The lowest BCUT2D eigenvalue weighted by atomic mass is 9.93. The van der Waals surface area contributed by atoms with Crippen molar-refractivity contribution in [3.8, 4) is 0 Å². The molecule has 1 aromatic carbocycles. The number of nitro groups is 1. The summed E-state index contributed by atoms with van der Waals surface area (Å²) in [5.41, 5.74) is 6.88. The predicted octanol–water partition coefficient (Wildman–Crippen LogP) is 2.92. The van der Waals surface area contributed by atoms with E-state index in [4.69, 9.17) is 5.73 Å². The Morgan fingerprint density at radius 3 is 2.84 bits per heavy atom. The Morgan fingerprint density at radius 1 is 1.53 bits per heavy atom. The third-order valence-corrected chi connectivity index (χ3v) is 4.40. The second-order valence-electron chi connectivity index (χ2n) is 5.07. The number of piperidine rings is 1. The van der Waals surface area contributed by atoms with Gasteiger partial charge in [0.05, 0.1) is 10.6 Å². The van der Waals surface area contributed by atoms with Crippen molar-refractivity contribution in [1.29, 1.82) is 0 Å². The highest BCUT2D eigenvalue weighted by molar-refractivity contribution is 9.10. The fraction of sp³-hybridized carbons (Fsp3) is 0.538. The Morgan fingerprint density at radius 2 is 2.26 bits per heavy atom. The maximum Gasteiger partial charge on any atom is 0.270 e. The van der Waals surface area contributed by atoms with Gasteiger partial charge in [-0.25, -0.2) is 0 Å². The number of rotatable bonds is 3. The van der Waals surface area contributed by atoms with E-state index >= 15 is 0 Å². The molecule has 0 radical (unpaired) electrons. The average molecular weight is 328 g/mol. The van der Waals surface area contributed by atoms with E-state index in [-0.39, 0.29) is 10.6 Å². The minimum absolute atomic E-state index is 0.107. The van der Waals surface area contributed by atoms with Gasteiger partial charge in [-0.05, 0) is 54.2 Å². The third-order valence-electron chi connectivity index (χ3n) is 3.76. The van der Waals surface area contributed by atoms with Gasteiger partial charge in [-0.15, -0.1) is 0 Å². The lowest BCUT2D eigenvalue weighted by molar-refractivity contribution is -0.384. The fourth-order valence-corrected chi connectivity index (χ4v) is 3.15. The summed E-state index contributed by atoms with van der Waals surface area (Å²) in [4.78, 5) is 12.7. The summed E-state index contributed by atoms with van der Waals surface area (Å²) in [5.74, 6) is 0.498. The van der Waals surface area contributed by atoms with Gasteiger partial charge in [-0.2, -0.15) is 0 Å². The third kappa shape index (κ3) is 3.06. The average Bonchev–Trinajstić information content (AvgIpc) is 2.39. The topological polar surface area (TPSA) is 72.4 Å². The second kappa shape index (κ2) is 5.88. The molecule has 1 fully saturated rings. The van der Waals surface area contributed by atoms with Crippen molar-refractivity contribution < 1.29 is 4.92 Å². The summed E-state index contributed by atoms with van der Waals surface area (Å²) < 4.78 is 0.770. The number of hydrogen-bond acceptors (Lipinski definition) is 4. The molecule has 19 heavy (non-hydrogen) atoms. The van der Waals surface area contributed by atoms with Gasteiger partial charge in [0, 0.05) is 29.2 Å². The molecule has 1 saturated heterocycles. The molecule has 1 aromatic rings. The Labute approximate surface area is 121 Å². The molecule has 2 atom stereocenters. The molecule has 6 heteroatoms. The molecule has 1 heterocycles. The molecule has 2 unspecified atom stereocenters. The standard InChI is InChI=1S/C13H18BrN3O2/c1-9-2-3-10(7-15)8-16(9)13-5-4-11(17(18)19)6-12(13)14/h4-6,9-10H,2-3,7-8,15H2,1H3. The van der Waals surface area contributed by atoms with Crippen LogP contribution in [-0.2, 0) is 0 Å². The molecule has 1 aliphatic rings. The van der Waals surface area contributed by atoms with Crippen LogP contribution >= 0.6 is 15.9 Å². The van der Waals surface area contributed by atoms with E-state index in [0.717, 1.165) is 29.5 Å². The monoisotopic (exact) mass is 327 g/mol. The number of non-ortho nitro benzene ring substituents is 1. The lowest BCUT2D eigenvalue weighted by Crippen LogP contribution is -2.44. The molecular weight excluding hydrogens is 310 g/mol. The van der Waals surface area contributed by atoms with E-state index in [2.05, 4.69) is 27.8 Å². The quantitative estimate of drug-likeness (QED) is 0.684. The molecule has 1 aliphatic heterocycles. The smallest absolute Gasteiger partial charge is 0.270 e. The van der Waals surface area contributed by atoms with Crippen molar-refractivity contribution in [2.75, 3.05) is 18.0 Å². The molecule has 0 amide bonds. The SMILES string of the molecule is CC1CCC(CN)CN1c1ccc([N+](=O)[O-])cc1Br. The minimum atomic E-state index is -0.378. The summed E-state index contributed by atoms with van der Waals surface area (Å²) in [7, 11) is 0. The van der Waals surface area contributed by atoms with Gasteiger partial charge in [0.25, 0.3) is 5.69 Å². The van der Waals surface area contributed by atoms with Crippen molar-refractivity contribution >= 4 is 27.3 Å². The first-order valence-corrected chi connectivity index (χ1v) is 7.23. The Balaban J connectivity index is 2.27. The van der Waals surface area contributed by atoms with E-state index in [9.17, 15) is 10.1 Å². The number of nitro benzene ring substituents is 1. The first-order valence-electron chi connectivity index (χ1n) is 6.43. The molecule has 0 spiro atoms. The molecular formula is C13H18BrN3O2. The molecule has 2 rings (SSSR count). The van der Waals surface area contributed by atoms with Crippen molar-refractivity contribution in [2.45, 2.75) is 25.8 Å². The molecule has 2 N–H and O–H groups in total. The fourth-order valence-electron chi connectivity index (χ4n) is 2.55. The highest BCUT2D eigenvalue weighted by Gasteiger charge is 2.26.